The molecule has 1 heterocycles. The van der Waals surface area contributed by atoms with Crippen LogP contribution in [-0.2, 0) is 9.47 Å². The zero-order chi connectivity index (χ0) is 12.7. The predicted octanol–water partition coefficient (Wildman–Crippen LogP) is 4.52. The summed E-state index contributed by atoms with van der Waals surface area (Å²) < 4.78 is 12.2. The molecule has 0 spiro atoms. The summed E-state index contributed by atoms with van der Waals surface area (Å²) in [4.78, 5) is 0. The van der Waals surface area contributed by atoms with Crippen molar-refractivity contribution in [1.29, 1.82) is 0 Å². The number of hydrogen-bond acceptors (Lipinski definition) is 2. The molecule has 1 aliphatic rings. The van der Waals surface area contributed by atoms with E-state index in [0.717, 1.165) is 19.4 Å². The lowest BCUT2D eigenvalue weighted by molar-refractivity contribution is -0.306. The number of rotatable bonds is 7. The molecule has 1 fully saturated rings. The lowest BCUT2D eigenvalue weighted by Gasteiger charge is -2.43. The van der Waals surface area contributed by atoms with Crippen molar-refractivity contribution >= 4 is 0 Å². The van der Waals surface area contributed by atoms with Gasteiger partial charge in [-0.1, -0.05) is 40.0 Å². The Kier molecular flexibility index (Phi) is 6.50. The van der Waals surface area contributed by atoms with Crippen molar-refractivity contribution < 1.29 is 9.47 Å². The van der Waals surface area contributed by atoms with Gasteiger partial charge < -0.3 is 9.47 Å². The molecule has 0 aliphatic carbocycles. The monoisotopic (exact) mass is 242 g/mol. The smallest absolute Gasteiger partial charge is 0.165 e. The van der Waals surface area contributed by atoms with Crippen LogP contribution < -0.4 is 0 Å². The molecule has 2 heteroatoms. The van der Waals surface area contributed by atoms with E-state index in [1.165, 1.54) is 32.1 Å². The molecule has 1 aliphatic heterocycles. The van der Waals surface area contributed by atoms with Crippen LogP contribution in [0.3, 0.4) is 0 Å². The van der Waals surface area contributed by atoms with Crippen molar-refractivity contribution in [1.82, 2.24) is 0 Å². The molecule has 0 aromatic carbocycles. The van der Waals surface area contributed by atoms with Gasteiger partial charge in [-0.05, 0) is 26.2 Å². The van der Waals surface area contributed by atoms with E-state index in [1.54, 1.807) is 0 Å². The van der Waals surface area contributed by atoms with Crippen LogP contribution in [0.2, 0.25) is 0 Å². The van der Waals surface area contributed by atoms with E-state index in [9.17, 15) is 0 Å². The number of ether oxygens (including phenoxy) is 2. The average molecular weight is 242 g/mol. The van der Waals surface area contributed by atoms with Gasteiger partial charge in [0.2, 0.25) is 0 Å². The zero-order valence-corrected chi connectivity index (χ0v) is 12.1. The quantitative estimate of drug-likeness (QED) is 0.611. The highest BCUT2D eigenvalue weighted by Gasteiger charge is 2.37. The van der Waals surface area contributed by atoms with Gasteiger partial charge >= 0.3 is 0 Å². The van der Waals surface area contributed by atoms with Crippen molar-refractivity contribution in [3.8, 4) is 0 Å². The first-order valence-corrected chi connectivity index (χ1v) is 7.47. The molecule has 0 aromatic rings. The van der Waals surface area contributed by atoms with Gasteiger partial charge in [0.05, 0.1) is 12.7 Å². The van der Waals surface area contributed by atoms with Crippen molar-refractivity contribution in [2.45, 2.75) is 84.5 Å². The van der Waals surface area contributed by atoms with Gasteiger partial charge in [0.25, 0.3) is 0 Å². The summed E-state index contributed by atoms with van der Waals surface area (Å²) in [6, 6.07) is 0. The SMILES string of the molecule is CCCCC[C@]1(C)OC[C@H](CC)[C@H](CCC)O1. The van der Waals surface area contributed by atoms with E-state index in [0.29, 0.717) is 12.0 Å². The Labute approximate surface area is 107 Å². The zero-order valence-electron chi connectivity index (χ0n) is 12.1. The van der Waals surface area contributed by atoms with E-state index >= 15 is 0 Å². The van der Waals surface area contributed by atoms with Gasteiger partial charge in [-0.25, -0.2) is 0 Å². The van der Waals surface area contributed by atoms with Crippen LogP contribution in [0.4, 0.5) is 0 Å². The molecule has 102 valence electrons. The Morgan fingerprint density at radius 2 is 1.88 bits per heavy atom. The summed E-state index contributed by atoms with van der Waals surface area (Å²) in [6.07, 6.45) is 8.72. The van der Waals surface area contributed by atoms with Crippen LogP contribution in [0.5, 0.6) is 0 Å². The summed E-state index contributed by atoms with van der Waals surface area (Å²) >= 11 is 0. The van der Waals surface area contributed by atoms with Gasteiger partial charge in [-0.15, -0.1) is 0 Å². The molecule has 0 bridgehead atoms. The minimum Gasteiger partial charge on any atom is -0.350 e. The highest BCUT2D eigenvalue weighted by molar-refractivity contribution is 4.79. The molecule has 0 unspecified atom stereocenters. The van der Waals surface area contributed by atoms with Crippen molar-refractivity contribution in [2.24, 2.45) is 5.92 Å². The van der Waals surface area contributed by atoms with Crippen LogP contribution in [0, 0.1) is 5.92 Å². The fourth-order valence-electron chi connectivity index (χ4n) is 2.63. The van der Waals surface area contributed by atoms with Crippen molar-refractivity contribution in [2.75, 3.05) is 6.61 Å². The second-order valence-electron chi connectivity index (χ2n) is 5.52. The summed E-state index contributed by atoms with van der Waals surface area (Å²) in [6.45, 7) is 9.71. The molecular formula is C15H30O2. The molecule has 0 amide bonds. The van der Waals surface area contributed by atoms with Crippen LogP contribution in [0.15, 0.2) is 0 Å². The largest absolute Gasteiger partial charge is 0.350 e. The summed E-state index contributed by atoms with van der Waals surface area (Å²) in [5.74, 6) is 0.273. The molecule has 0 N–H and O–H groups in total. The lowest BCUT2D eigenvalue weighted by Crippen LogP contribution is -2.47. The van der Waals surface area contributed by atoms with E-state index in [4.69, 9.17) is 9.47 Å². The fourth-order valence-corrected chi connectivity index (χ4v) is 2.63. The van der Waals surface area contributed by atoms with Gasteiger partial charge in [0.1, 0.15) is 0 Å². The van der Waals surface area contributed by atoms with Gasteiger partial charge in [-0.2, -0.15) is 0 Å². The maximum absolute atomic E-state index is 6.24. The second-order valence-corrected chi connectivity index (χ2v) is 5.52. The Hall–Kier alpha value is -0.0800. The first-order valence-electron chi connectivity index (χ1n) is 7.47. The Morgan fingerprint density at radius 1 is 1.12 bits per heavy atom. The highest BCUT2D eigenvalue weighted by Crippen LogP contribution is 2.33. The van der Waals surface area contributed by atoms with Gasteiger partial charge in [0, 0.05) is 12.3 Å². The normalized spacial score (nSPS) is 33.9. The fraction of sp³-hybridized carbons (Fsp3) is 1.00. The van der Waals surface area contributed by atoms with Crippen LogP contribution in [0.1, 0.15) is 72.6 Å². The minimum atomic E-state index is -0.319. The molecule has 3 atom stereocenters. The molecular weight excluding hydrogens is 212 g/mol. The van der Waals surface area contributed by atoms with Gasteiger partial charge in [-0.3, -0.25) is 0 Å². The number of unbranched alkanes of at least 4 members (excludes halogenated alkanes) is 2. The molecule has 2 nitrogen and oxygen atoms in total. The maximum atomic E-state index is 6.24. The Balaban J connectivity index is 2.47. The standard InChI is InChI=1S/C15H30O2/c1-5-8-9-11-15(4)16-12-13(7-3)14(17-15)10-6-2/h13-14H,5-12H2,1-4H3/t13-,14-,15+/m0/s1. The predicted molar refractivity (Wildman–Crippen MR) is 72.1 cm³/mol. The second kappa shape index (κ2) is 7.38. The van der Waals surface area contributed by atoms with E-state index in [1.807, 2.05) is 0 Å². The molecule has 0 saturated carbocycles. The minimum absolute atomic E-state index is 0.319. The van der Waals surface area contributed by atoms with E-state index in [-0.39, 0.29) is 5.79 Å². The third-order valence-electron chi connectivity index (χ3n) is 3.86. The molecule has 0 aromatic heterocycles. The first kappa shape index (κ1) is 15.0. The topological polar surface area (TPSA) is 18.5 Å². The molecule has 17 heavy (non-hydrogen) atoms. The van der Waals surface area contributed by atoms with E-state index < -0.39 is 0 Å². The Morgan fingerprint density at radius 3 is 2.47 bits per heavy atom. The van der Waals surface area contributed by atoms with Crippen LogP contribution >= 0.6 is 0 Å². The molecule has 0 radical (unpaired) electrons. The Bertz CT molecular complexity index is 201. The third kappa shape index (κ3) is 4.59. The summed E-state index contributed by atoms with van der Waals surface area (Å²) in [7, 11) is 0. The highest BCUT2D eigenvalue weighted by atomic mass is 16.7. The van der Waals surface area contributed by atoms with Crippen molar-refractivity contribution in [3.63, 3.8) is 0 Å². The maximum Gasteiger partial charge on any atom is 0.165 e. The third-order valence-corrected chi connectivity index (χ3v) is 3.86. The van der Waals surface area contributed by atoms with Crippen molar-refractivity contribution in [3.05, 3.63) is 0 Å². The molecule has 1 saturated heterocycles. The summed E-state index contributed by atoms with van der Waals surface area (Å²) in [5, 5.41) is 0. The number of hydrogen-bond donors (Lipinski definition) is 0. The lowest BCUT2D eigenvalue weighted by atomic mass is 9.94. The first-order chi connectivity index (χ1) is 8.15. The van der Waals surface area contributed by atoms with E-state index in [2.05, 4.69) is 27.7 Å². The van der Waals surface area contributed by atoms with Gasteiger partial charge in [0.15, 0.2) is 5.79 Å². The molecule has 1 rings (SSSR count). The van der Waals surface area contributed by atoms with Crippen LogP contribution in [0.25, 0.3) is 0 Å². The average Bonchev–Trinajstić information content (AvgIpc) is 2.30. The van der Waals surface area contributed by atoms with Crippen LogP contribution in [-0.4, -0.2) is 18.5 Å². The summed E-state index contributed by atoms with van der Waals surface area (Å²) in [5.41, 5.74) is 0.